The van der Waals surface area contributed by atoms with E-state index in [9.17, 15) is 13.2 Å². The van der Waals surface area contributed by atoms with Gasteiger partial charge in [0.1, 0.15) is 16.4 Å². The summed E-state index contributed by atoms with van der Waals surface area (Å²) in [4.78, 5) is 13.7. The Morgan fingerprint density at radius 1 is 1.14 bits per heavy atom. The molecule has 0 N–H and O–H groups in total. The molecule has 0 spiro atoms. The minimum Gasteiger partial charge on any atom is -0.496 e. The Hall–Kier alpha value is -1.47. The normalized spacial score (nSPS) is 11.1. The molecule has 0 aliphatic heterocycles. The van der Waals surface area contributed by atoms with Crippen LogP contribution >= 0.6 is 10.7 Å². The molecular formula is C13H18ClNO5S. The highest BCUT2D eigenvalue weighted by molar-refractivity contribution is 8.13. The molecule has 0 heterocycles. The van der Waals surface area contributed by atoms with Crippen molar-refractivity contribution in [3.8, 4) is 11.5 Å². The average molecular weight is 336 g/mol. The van der Waals surface area contributed by atoms with E-state index in [1.54, 1.807) is 4.90 Å². The smallest absolute Gasteiger partial charge is 0.265 e. The lowest BCUT2D eigenvalue weighted by Gasteiger charge is -2.21. The summed E-state index contributed by atoms with van der Waals surface area (Å²) in [5.41, 5.74) is 0.126. The molecule has 1 aromatic carbocycles. The van der Waals surface area contributed by atoms with Gasteiger partial charge < -0.3 is 14.4 Å². The highest BCUT2D eigenvalue weighted by atomic mass is 35.7. The van der Waals surface area contributed by atoms with Crippen LogP contribution in [0.1, 0.15) is 24.2 Å². The quantitative estimate of drug-likeness (QED) is 0.744. The number of nitrogens with zero attached hydrogens (tertiary/aromatic N) is 1. The first-order chi connectivity index (χ1) is 9.79. The largest absolute Gasteiger partial charge is 0.496 e. The van der Waals surface area contributed by atoms with E-state index in [1.165, 1.54) is 26.4 Å². The third-order valence-corrected chi connectivity index (χ3v) is 4.37. The van der Waals surface area contributed by atoms with Crippen LogP contribution < -0.4 is 9.47 Å². The minimum absolute atomic E-state index is 0.0259. The maximum absolute atomic E-state index is 12.4. The lowest BCUT2D eigenvalue weighted by atomic mass is 10.1. The zero-order valence-electron chi connectivity index (χ0n) is 12.3. The van der Waals surface area contributed by atoms with Gasteiger partial charge in [-0.05, 0) is 19.9 Å². The van der Waals surface area contributed by atoms with E-state index >= 15 is 0 Å². The summed E-state index contributed by atoms with van der Waals surface area (Å²) >= 11 is 0. The molecule has 0 saturated carbocycles. The summed E-state index contributed by atoms with van der Waals surface area (Å²) in [6.45, 7) is 4.65. The van der Waals surface area contributed by atoms with E-state index in [0.717, 1.165) is 0 Å². The lowest BCUT2D eigenvalue weighted by Crippen LogP contribution is -2.30. The summed E-state index contributed by atoms with van der Waals surface area (Å²) < 4.78 is 33.4. The molecular weight excluding hydrogens is 318 g/mol. The number of rotatable bonds is 6. The van der Waals surface area contributed by atoms with Crippen LogP contribution in [0.25, 0.3) is 0 Å². The Kier molecular flexibility index (Phi) is 5.86. The second-order valence-electron chi connectivity index (χ2n) is 4.12. The van der Waals surface area contributed by atoms with Gasteiger partial charge in [-0.1, -0.05) is 0 Å². The van der Waals surface area contributed by atoms with Crippen molar-refractivity contribution in [2.45, 2.75) is 18.7 Å². The average Bonchev–Trinajstić information content (AvgIpc) is 2.45. The van der Waals surface area contributed by atoms with Crippen LogP contribution in [-0.4, -0.2) is 46.5 Å². The molecule has 0 unspecified atom stereocenters. The highest BCUT2D eigenvalue weighted by Gasteiger charge is 2.25. The second kappa shape index (κ2) is 7.00. The van der Waals surface area contributed by atoms with Gasteiger partial charge in [0.25, 0.3) is 15.0 Å². The Labute approximate surface area is 129 Å². The number of amides is 1. The monoisotopic (exact) mass is 335 g/mol. The Morgan fingerprint density at radius 3 is 2.05 bits per heavy atom. The molecule has 1 rings (SSSR count). The van der Waals surface area contributed by atoms with Gasteiger partial charge >= 0.3 is 0 Å². The van der Waals surface area contributed by atoms with Crippen molar-refractivity contribution in [2.24, 2.45) is 0 Å². The standard InChI is InChI=1S/C13H18ClNO5S/c1-5-15(6-2)13(16)9-7-12(21(14,17)18)11(20-4)8-10(9)19-3/h7-8H,5-6H2,1-4H3. The number of ether oxygens (including phenoxy) is 2. The van der Waals surface area contributed by atoms with Crippen molar-refractivity contribution in [1.29, 1.82) is 0 Å². The number of hydrogen-bond donors (Lipinski definition) is 0. The van der Waals surface area contributed by atoms with Crippen molar-refractivity contribution in [1.82, 2.24) is 4.90 Å². The lowest BCUT2D eigenvalue weighted by molar-refractivity contribution is 0.0769. The summed E-state index contributed by atoms with van der Waals surface area (Å²) in [7, 11) is 4.05. The Bertz CT molecular complexity index is 626. The number of hydrogen-bond acceptors (Lipinski definition) is 5. The third-order valence-electron chi connectivity index (χ3n) is 3.03. The Morgan fingerprint density at radius 2 is 1.67 bits per heavy atom. The van der Waals surface area contributed by atoms with E-state index in [0.29, 0.717) is 13.1 Å². The van der Waals surface area contributed by atoms with Crippen molar-refractivity contribution in [3.05, 3.63) is 17.7 Å². The molecule has 0 fully saturated rings. The SMILES string of the molecule is CCN(CC)C(=O)c1cc(S(=O)(=O)Cl)c(OC)cc1OC. The van der Waals surface area contributed by atoms with Crippen LogP contribution in [0.5, 0.6) is 11.5 Å². The Balaban J connectivity index is 3.54. The third kappa shape index (κ3) is 3.79. The molecule has 118 valence electrons. The number of halogens is 1. The number of carbonyl (C=O) groups is 1. The highest BCUT2D eigenvalue weighted by Crippen LogP contribution is 2.34. The van der Waals surface area contributed by atoms with Crippen LogP contribution in [0.15, 0.2) is 17.0 Å². The van der Waals surface area contributed by atoms with Gasteiger partial charge in [0, 0.05) is 29.8 Å². The van der Waals surface area contributed by atoms with Crippen molar-refractivity contribution >= 4 is 25.6 Å². The van der Waals surface area contributed by atoms with Crippen LogP contribution in [-0.2, 0) is 9.05 Å². The van der Waals surface area contributed by atoms with Crippen LogP contribution in [0.4, 0.5) is 0 Å². The van der Waals surface area contributed by atoms with Crippen molar-refractivity contribution < 1.29 is 22.7 Å². The summed E-state index contributed by atoms with van der Waals surface area (Å²) in [5, 5.41) is 0. The molecule has 0 aliphatic carbocycles. The molecule has 8 heteroatoms. The summed E-state index contributed by atoms with van der Waals surface area (Å²) in [6, 6.07) is 2.52. The molecule has 0 atom stereocenters. The predicted octanol–water partition coefficient (Wildman–Crippen LogP) is 2.11. The number of methoxy groups -OCH3 is 2. The van der Waals surface area contributed by atoms with Crippen LogP contribution in [0.3, 0.4) is 0 Å². The number of benzene rings is 1. The maximum atomic E-state index is 12.4. The van der Waals surface area contributed by atoms with E-state index in [-0.39, 0.29) is 27.9 Å². The van der Waals surface area contributed by atoms with Gasteiger partial charge in [-0.15, -0.1) is 0 Å². The van der Waals surface area contributed by atoms with E-state index < -0.39 is 9.05 Å². The second-order valence-corrected chi connectivity index (χ2v) is 6.65. The van der Waals surface area contributed by atoms with Gasteiger partial charge in [-0.25, -0.2) is 8.42 Å². The molecule has 1 aromatic rings. The number of carbonyl (C=O) groups excluding carboxylic acids is 1. The fraction of sp³-hybridized carbons (Fsp3) is 0.462. The van der Waals surface area contributed by atoms with Crippen LogP contribution in [0.2, 0.25) is 0 Å². The summed E-state index contributed by atoms with van der Waals surface area (Å²) in [5.74, 6) is -0.0770. The topological polar surface area (TPSA) is 72.9 Å². The first-order valence-corrected chi connectivity index (χ1v) is 8.60. The van der Waals surface area contributed by atoms with E-state index in [2.05, 4.69) is 0 Å². The molecule has 21 heavy (non-hydrogen) atoms. The minimum atomic E-state index is -4.04. The first kappa shape index (κ1) is 17.6. The van der Waals surface area contributed by atoms with Crippen LogP contribution in [0, 0.1) is 0 Å². The molecule has 0 saturated heterocycles. The molecule has 0 aromatic heterocycles. The zero-order valence-corrected chi connectivity index (χ0v) is 13.9. The fourth-order valence-electron chi connectivity index (χ4n) is 1.91. The van der Waals surface area contributed by atoms with Crippen molar-refractivity contribution in [3.63, 3.8) is 0 Å². The van der Waals surface area contributed by atoms with Crippen molar-refractivity contribution in [2.75, 3.05) is 27.3 Å². The summed E-state index contributed by atoms with van der Waals surface area (Å²) in [6.07, 6.45) is 0. The predicted molar refractivity (Wildman–Crippen MR) is 79.8 cm³/mol. The van der Waals surface area contributed by atoms with Gasteiger partial charge in [-0.3, -0.25) is 4.79 Å². The molecule has 0 bridgehead atoms. The van der Waals surface area contributed by atoms with E-state index in [4.69, 9.17) is 20.2 Å². The van der Waals surface area contributed by atoms with Gasteiger partial charge in [0.15, 0.2) is 0 Å². The molecule has 1 amide bonds. The van der Waals surface area contributed by atoms with E-state index in [1.807, 2.05) is 13.8 Å². The zero-order chi connectivity index (χ0) is 16.2. The van der Waals surface area contributed by atoms with Gasteiger partial charge in [0.05, 0.1) is 19.8 Å². The van der Waals surface area contributed by atoms with Gasteiger partial charge in [0.2, 0.25) is 0 Å². The maximum Gasteiger partial charge on any atom is 0.265 e. The van der Waals surface area contributed by atoms with Gasteiger partial charge in [-0.2, -0.15) is 0 Å². The molecule has 0 radical (unpaired) electrons. The molecule has 0 aliphatic rings. The fourth-order valence-corrected chi connectivity index (χ4v) is 2.91. The first-order valence-electron chi connectivity index (χ1n) is 6.30. The molecule has 6 nitrogen and oxygen atoms in total.